The number of carbonyl (C=O) groups excluding carboxylic acids is 2. The minimum atomic E-state index is -0.805. The first-order chi connectivity index (χ1) is 12.8. The number of rotatable bonds is 6. The fourth-order valence-electron chi connectivity index (χ4n) is 2.73. The molecule has 9 nitrogen and oxygen atoms in total. The van der Waals surface area contributed by atoms with Gasteiger partial charge in [-0.15, -0.1) is 0 Å². The number of carbonyl (C=O) groups is 2. The van der Waals surface area contributed by atoms with Crippen molar-refractivity contribution in [1.82, 2.24) is 4.98 Å². The first-order valence-corrected chi connectivity index (χ1v) is 7.94. The van der Waals surface area contributed by atoms with Gasteiger partial charge in [0.15, 0.2) is 0 Å². The normalized spacial score (nSPS) is 10.4. The highest BCUT2D eigenvalue weighted by atomic mass is 16.6. The van der Waals surface area contributed by atoms with Crippen molar-refractivity contribution >= 4 is 17.6 Å². The van der Waals surface area contributed by atoms with Gasteiger partial charge in [-0.3, -0.25) is 15.1 Å². The number of non-ortho nitro benzene ring substituents is 1. The summed E-state index contributed by atoms with van der Waals surface area (Å²) in [5.41, 5.74) is 0.788. The second-order valence-electron chi connectivity index (χ2n) is 5.57. The Labute approximate surface area is 154 Å². The molecule has 0 spiro atoms. The fourth-order valence-corrected chi connectivity index (χ4v) is 2.73. The van der Waals surface area contributed by atoms with Gasteiger partial charge >= 0.3 is 11.9 Å². The van der Waals surface area contributed by atoms with Gasteiger partial charge in [-0.1, -0.05) is 12.1 Å². The summed E-state index contributed by atoms with van der Waals surface area (Å²) in [5.74, 6) is -1.54. The Morgan fingerprint density at radius 3 is 2.37 bits per heavy atom. The molecular weight excluding hydrogens is 356 g/mol. The monoisotopic (exact) mass is 374 g/mol. The number of esters is 2. The van der Waals surface area contributed by atoms with E-state index < -0.39 is 16.9 Å². The Morgan fingerprint density at radius 1 is 1.19 bits per heavy atom. The minimum absolute atomic E-state index is 0.0135. The summed E-state index contributed by atoms with van der Waals surface area (Å²) >= 11 is 0. The molecule has 2 aromatic rings. The van der Waals surface area contributed by atoms with Crippen LogP contribution in [0.1, 0.15) is 32.1 Å². The standard InChI is InChI=1S/C18H18N2O7/c1-10-14(17(22)26-3)16(12-5-4-6-13(9-12)20(24)25)15(11(2)19-10)18(23)27-8-7-21/h4-6,9,21H,7-8H2,1-3H3. The van der Waals surface area contributed by atoms with E-state index in [0.717, 1.165) is 0 Å². The van der Waals surface area contributed by atoms with Crippen LogP contribution in [-0.2, 0) is 9.47 Å². The van der Waals surface area contributed by atoms with Crippen LogP contribution in [0.2, 0.25) is 0 Å². The van der Waals surface area contributed by atoms with Gasteiger partial charge in [-0.25, -0.2) is 9.59 Å². The highest BCUT2D eigenvalue weighted by molar-refractivity contribution is 6.07. The van der Waals surface area contributed by atoms with Gasteiger partial charge in [-0.2, -0.15) is 0 Å². The maximum absolute atomic E-state index is 12.6. The topological polar surface area (TPSA) is 129 Å². The molecule has 0 unspecified atom stereocenters. The van der Waals surface area contributed by atoms with E-state index in [2.05, 4.69) is 4.98 Å². The van der Waals surface area contributed by atoms with E-state index in [4.69, 9.17) is 14.6 Å². The van der Waals surface area contributed by atoms with Gasteiger partial charge < -0.3 is 14.6 Å². The second-order valence-corrected chi connectivity index (χ2v) is 5.57. The van der Waals surface area contributed by atoms with Crippen molar-refractivity contribution in [2.75, 3.05) is 20.3 Å². The third-order valence-corrected chi connectivity index (χ3v) is 3.82. The van der Waals surface area contributed by atoms with E-state index in [-0.39, 0.29) is 46.8 Å². The molecule has 1 N–H and O–H groups in total. The quantitative estimate of drug-likeness (QED) is 0.463. The third kappa shape index (κ3) is 4.09. The summed E-state index contributed by atoms with van der Waals surface area (Å²) in [5, 5.41) is 20.0. The molecule has 142 valence electrons. The number of nitro groups is 1. The molecule has 0 bridgehead atoms. The number of aromatic nitrogens is 1. The highest BCUT2D eigenvalue weighted by Crippen LogP contribution is 2.34. The van der Waals surface area contributed by atoms with Crippen molar-refractivity contribution < 1.29 is 29.1 Å². The summed E-state index contributed by atoms with van der Waals surface area (Å²) in [6.45, 7) is 2.52. The molecule has 0 radical (unpaired) electrons. The van der Waals surface area contributed by atoms with Crippen LogP contribution in [-0.4, -0.2) is 47.3 Å². The molecule has 0 fully saturated rings. The van der Waals surface area contributed by atoms with Crippen molar-refractivity contribution in [3.05, 3.63) is 56.9 Å². The smallest absolute Gasteiger partial charge is 0.340 e. The van der Waals surface area contributed by atoms with Gasteiger partial charge in [0.2, 0.25) is 0 Å². The molecule has 1 aromatic heterocycles. The molecule has 1 heterocycles. The molecular formula is C18H18N2O7. The molecule has 0 aliphatic heterocycles. The lowest BCUT2D eigenvalue weighted by atomic mass is 9.92. The van der Waals surface area contributed by atoms with Crippen LogP contribution in [0.3, 0.4) is 0 Å². The zero-order chi connectivity index (χ0) is 20.1. The maximum atomic E-state index is 12.6. The summed E-state index contributed by atoms with van der Waals surface area (Å²) in [4.78, 5) is 39.7. The number of nitro benzene ring substituents is 1. The van der Waals surface area contributed by atoms with Gasteiger partial charge in [0.25, 0.3) is 5.69 Å². The van der Waals surface area contributed by atoms with E-state index >= 15 is 0 Å². The molecule has 0 atom stereocenters. The van der Waals surface area contributed by atoms with Gasteiger partial charge in [0.05, 0.1) is 41.2 Å². The van der Waals surface area contributed by atoms with Crippen LogP contribution in [0.15, 0.2) is 24.3 Å². The number of ether oxygens (including phenoxy) is 2. The molecule has 0 aliphatic carbocycles. The van der Waals surface area contributed by atoms with Gasteiger partial charge in [0, 0.05) is 17.7 Å². The number of hydrogen-bond donors (Lipinski definition) is 1. The first kappa shape index (κ1) is 20.0. The van der Waals surface area contributed by atoms with Crippen LogP contribution in [0.4, 0.5) is 5.69 Å². The summed E-state index contributed by atoms with van der Waals surface area (Å²) in [6.07, 6.45) is 0. The number of benzene rings is 1. The van der Waals surface area contributed by atoms with Crippen LogP contribution >= 0.6 is 0 Å². The zero-order valence-electron chi connectivity index (χ0n) is 15.0. The third-order valence-electron chi connectivity index (χ3n) is 3.82. The number of aliphatic hydroxyl groups is 1. The lowest BCUT2D eigenvalue weighted by Gasteiger charge is -2.17. The number of aliphatic hydroxyl groups excluding tert-OH is 1. The SMILES string of the molecule is COC(=O)c1c(C)nc(C)c(C(=O)OCCO)c1-c1cccc([N+](=O)[O-])c1. The number of nitrogens with zero attached hydrogens (tertiary/aromatic N) is 2. The van der Waals surface area contributed by atoms with Crippen LogP contribution < -0.4 is 0 Å². The first-order valence-electron chi connectivity index (χ1n) is 7.94. The summed E-state index contributed by atoms with van der Waals surface area (Å²) in [6, 6.07) is 5.54. The Bertz CT molecular complexity index is 909. The van der Waals surface area contributed by atoms with E-state index in [1.807, 2.05) is 0 Å². The average molecular weight is 374 g/mol. The van der Waals surface area contributed by atoms with Crippen molar-refractivity contribution in [2.24, 2.45) is 0 Å². The van der Waals surface area contributed by atoms with E-state index in [1.165, 1.54) is 31.4 Å². The maximum Gasteiger partial charge on any atom is 0.340 e. The number of pyridine rings is 1. The van der Waals surface area contributed by atoms with Crippen molar-refractivity contribution in [3.8, 4) is 11.1 Å². The molecule has 0 saturated heterocycles. The lowest BCUT2D eigenvalue weighted by molar-refractivity contribution is -0.384. The highest BCUT2D eigenvalue weighted by Gasteiger charge is 2.28. The molecule has 0 amide bonds. The number of aryl methyl sites for hydroxylation is 2. The summed E-state index contributed by atoms with van der Waals surface area (Å²) in [7, 11) is 1.18. The van der Waals surface area contributed by atoms with E-state index in [9.17, 15) is 19.7 Å². The Hall–Kier alpha value is -3.33. The average Bonchev–Trinajstić information content (AvgIpc) is 2.64. The molecule has 9 heteroatoms. The number of hydrogen-bond acceptors (Lipinski definition) is 8. The molecule has 0 saturated carbocycles. The van der Waals surface area contributed by atoms with E-state index in [1.54, 1.807) is 13.8 Å². The zero-order valence-corrected chi connectivity index (χ0v) is 15.0. The lowest BCUT2D eigenvalue weighted by Crippen LogP contribution is -2.17. The number of methoxy groups -OCH3 is 1. The molecule has 1 aromatic carbocycles. The van der Waals surface area contributed by atoms with Crippen molar-refractivity contribution in [3.63, 3.8) is 0 Å². The van der Waals surface area contributed by atoms with Crippen molar-refractivity contribution in [1.29, 1.82) is 0 Å². The van der Waals surface area contributed by atoms with Crippen LogP contribution in [0, 0.1) is 24.0 Å². The predicted octanol–water partition coefficient (Wildman–Crippen LogP) is 2.21. The Morgan fingerprint density at radius 2 is 1.81 bits per heavy atom. The molecule has 27 heavy (non-hydrogen) atoms. The Kier molecular flexibility index (Phi) is 6.19. The summed E-state index contributed by atoms with van der Waals surface area (Å²) < 4.78 is 9.80. The largest absolute Gasteiger partial charge is 0.465 e. The second kappa shape index (κ2) is 8.37. The van der Waals surface area contributed by atoms with Gasteiger partial charge in [-0.05, 0) is 19.4 Å². The minimum Gasteiger partial charge on any atom is -0.465 e. The fraction of sp³-hybridized carbons (Fsp3) is 0.278. The van der Waals surface area contributed by atoms with Gasteiger partial charge in [0.1, 0.15) is 6.61 Å². The molecule has 2 rings (SSSR count). The van der Waals surface area contributed by atoms with Crippen molar-refractivity contribution in [2.45, 2.75) is 13.8 Å². The molecule has 0 aliphatic rings. The van der Waals surface area contributed by atoms with E-state index in [0.29, 0.717) is 5.69 Å². The van der Waals surface area contributed by atoms with Crippen LogP contribution in [0.5, 0.6) is 0 Å². The van der Waals surface area contributed by atoms with Crippen LogP contribution in [0.25, 0.3) is 11.1 Å². The predicted molar refractivity (Wildman–Crippen MR) is 94.5 cm³/mol. The Balaban J connectivity index is 2.85.